The largest absolute Gasteiger partial charge is 0.487 e. The van der Waals surface area contributed by atoms with Crippen LogP contribution in [0, 0.1) is 19.7 Å². The summed E-state index contributed by atoms with van der Waals surface area (Å²) in [5.74, 6) is -0.660. The first-order chi connectivity index (χ1) is 15.3. The highest BCUT2D eigenvalue weighted by molar-refractivity contribution is 6.31. The Hall–Kier alpha value is -2.46. The maximum Gasteiger partial charge on any atom is 0.258 e. The molecule has 0 saturated carbocycles. The number of carbonyl (C=O) groups excluding carboxylic acids is 1. The molecule has 0 spiro atoms. The third kappa shape index (κ3) is 4.14. The van der Waals surface area contributed by atoms with Gasteiger partial charge in [0, 0.05) is 18.2 Å². The van der Waals surface area contributed by atoms with Crippen molar-refractivity contribution in [1.29, 1.82) is 0 Å². The minimum absolute atomic E-state index is 0. The summed E-state index contributed by atoms with van der Waals surface area (Å²) < 4.78 is 21.6. The second-order valence-electron chi connectivity index (χ2n) is 8.28. The highest BCUT2D eigenvalue weighted by Gasteiger charge is 2.33. The molecule has 0 radical (unpaired) electrons. The number of aromatic nitrogens is 3. The molecule has 0 bridgehead atoms. The molecule has 2 aliphatic rings. The molecule has 176 valence electrons. The summed E-state index contributed by atoms with van der Waals surface area (Å²) in [4.78, 5) is 19.6. The van der Waals surface area contributed by atoms with Gasteiger partial charge in [-0.1, -0.05) is 11.6 Å². The van der Waals surface area contributed by atoms with Crippen molar-refractivity contribution in [3.05, 3.63) is 57.2 Å². The number of aliphatic hydroxyl groups excluding tert-OH is 1. The summed E-state index contributed by atoms with van der Waals surface area (Å²) in [6, 6.07) is 3.86. The number of piperidine rings is 1. The molecule has 8 nitrogen and oxygen atoms in total. The number of halogens is 3. The number of hydrogen-bond acceptors (Lipinski definition) is 6. The fourth-order valence-electron chi connectivity index (χ4n) is 4.32. The smallest absolute Gasteiger partial charge is 0.258 e. The van der Waals surface area contributed by atoms with Gasteiger partial charge >= 0.3 is 0 Å². The van der Waals surface area contributed by atoms with Crippen LogP contribution in [-0.4, -0.2) is 55.8 Å². The van der Waals surface area contributed by atoms with Crippen LogP contribution in [0.4, 0.5) is 4.39 Å². The van der Waals surface area contributed by atoms with E-state index in [1.165, 1.54) is 18.2 Å². The standard InChI is InChI=1S/C22H23ClFN5O3.ClH/c1-11-20(23)12(2)29-21(26-11)15-9-28(10-16(15)27-29)22(31)14-4-3-13(24)7-19(14)32-18-5-6-25-8-17(18)30;/h3-4,7,17-18,25,30H,5-6,8-10H2,1-2H3;1H/t17-,18-;/m1./s1. The Balaban J connectivity index is 0.00000259. The molecule has 33 heavy (non-hydrogen) atoms. The molecule has 3 aromatic rings. The molecule has 11 heteroatoms. The van der Waals surface area contributed by atoms with Crippen molar-refractivity contribution in [2.24, 2.45) is 0 Å². The molecule has 2 aromatic heterocycles. The molecule has 2 atom stereocenters. The molecule has 2 aliphatic heterocycles. The van der Waals surface area contributed by atoms with E-state index < -0.39 is 18.0 Å². The van der Waals surface area contributed by atoms with Crippen LogP contribution < -0.4 is 10.1 Å². The van der Waals surface area contributed by atoms with Gasteiger partial charge in [0.15, 0.2) is 5.65 Å². The normalized spacial score (nSPS) is 20.0. The summed E-state index contributed by atoms with van der Waals surface area (Å²) in [7, 11) is 0. The third-order valence-electron chi connectivity index (χ3n) is 6.08. The molecule has 0 unspecified atom stereocenters. The summed E-state index contributed by atoms with van der Waals surface area (Å²) in [5.41, 5.74) is 4.08. The van der Waals surface area contributed by atoms with Crippen molar-refractivity contribution in [1.82, 2.24) is 24.8 Å². The lowest BCUT2D eigenvalue weighted by Crippen LogP contribution is -2.46. The zero-order valence-electron chi connectivity index (χ0n) is 18.1. The van der Waals surface area contributed by atoms with Gasteiger partial charge in [-0.3, -0.25) is 4.79 Å². The van der Waals surface area contributed by atoms with Crippen molar-refractivity contribution in [2.45, 2.75) is 45.6 Å². The summed E-state index contributed by atoms with van der Waals surface area (Å²) >= 11 is 6.30. The van der Waals surface area contributed by atoms with Gasteiger partial charge in [-0.15, -0.1) is 12.4 Å². The average molecular weight is 496 g/mol. The molecule has 0 aliphatic carbocycles. The molecule has 1 aromatic carbocycles. The first kappa shape index (κ1) is 23.7. The Morgan fingerprint density at radius 2 is 2.12 bits per heavy atom. The predicted octanol–water partition coefficient (Wildman–Crippen LogP) is 2.82. The van der Waals surface area contributed by atoms with Crippen LogP contribution in [0.25, 0.3) is 5.65 Å². The molecule has 1 fully saturated rings. The number of aliphatic hydroxyl groups is 1. The van der Waals surface area contributed by atoms with Gasteiger partial charge in [-0.2, -0.15) is 5.10 Å². The van der Waals surface area contributed by atoms with Crippen LogP contribution in [0.1, 0.15) is 39.4 Å². The van der Waals surface area contributed by atoms with E-state index in [0.29, 0.717) is 49.0 Å². The zero-order chi connectivity index (χ0) is 22.6. The monoisotopic (exact) mass is 495 g/mol. The SMILES string of the molecule is Cc1nc2c3c(nn2c(C)c1Cl)CN(C(=O)c1ccc(F)cc1O[C@@H]1CCNC[C@H]1O)C3.Cl. The zero-order valence-corrected chi connectivity index (χ0v) is 19.7. The summed E-state index contributed by atoms with van der Waals surface area (Å²) in [5, 5.41) is 18.4. The number of nitrogens with zero attached hydrogens (tertiary/aromatic N) is 4. The topological polar surface area (TPSA) is 92.0 Å². The van der Waals surface area contributed by atoms with Crippen LogP contribution in [0.15, 0.2) is 18.2 Å². The fraction of sp³-hybridized carbons (Fsp3) is 0.409. The van der Waals surface area contributed by atoms with E-state index in [0.717, 1.165) is 17.0 Å². The number of carbonyl (C=O) groups is 1. The number of aryl methyl sites for hydroxylation is 2. The Kier molecular flexibility index (Phi) is 6.50. The van der Waals surface area contributed by atoms with E-state index in [1.54, 1.807) is 9.42 Å². The molecule has 1 amide bonds. The molecule has 1 saturated heterocycles. The molecular weight excluding hydrogens is 472 g/mol. The summed E-state index contributed by atoms with van der Waals surface area (Å²) in [6.45, 7) is 5.42. The summed E-state index contributed by atoms with van der Waals surface area (Å²) in [6.07, 6.45) is -0.682. The third-order valence-corrected chi connectivity index (χ3v) is 6.63. The number of amides is 1. The van der Waals surface area contributed by atoms with Gasteiger partial charge in [0.25, 0.3) is 5.91 Å². The second-order valence-corrected chi connectivity index (χ2v) is 8.65. The number of benzene rings is 1. The molecule has 4 heterocycles. The van der Waals surface area contributed by atoms with Crippen molar-refractivity contribution < 1.29 is 19.0 Å². The molecule has 2 N–H and O–H groups in total. The van der Waals surface area contributed by atoms with Crippen LogP contribution in [0.5, 0.6) is 5.75 Å². The minimum atomic E-state index is -0.732. The van der Waals surface area contributed by atoms with Crippen molar-refractivity contribution in [3.8, 4) is 5.75 Å². The van der Waals surface area contributed by atoms with Gasteiger partial charge in [0.2, 0.25) is 0 Å². The quantitative estimate of drug-likeness (QED) is 0.580. The highest BCUT2D eigenvalue weighted by Crippen LogP contribution is 2.32. The number of β-amino-alcohol motifs (C(OH)–C–C–N with tert-alkyl or cyclic N) is 1. The Morgan fingerprint density at radius 1 is 1.33 bits per heavy atom. The number of fused-ring (bicyclic) bond motifs is 3. The maximum absolute atomic E-state index is 14.0. The fourth-order valence-corrected chi connectivity index (χ4v) is 4.44. The first-order valence-corrected chi connectivity index (χ1v) is 10.9. The van der Waals surface area contributed by atoms with Crippen LogP contribution in [-0.2, 0) is 13.1 Å². The predicted molar refractivity (Wildman–Crippen MR) is 123 cm³/mol. The number of hydrogen-bond donors (Lipinski definition) is 2. The van der Waals surface area contributed by atoms with Crippen LogP contribution in [0.3, 0.4) is 0 Å². The lowest BCUT2D eigenvalue weighted by molar-refractivity contribution is 0.0153. The lowest BCUT2D eigenvalue weighted by atomic mass is 10.1. The lowest BCUT2D eigenvalue weighted by Gasteiger charge is -2.30. The van der Waals surface area contributed by atoms with Crippen LogP contribution in [0.2, 0.25) is 5.02 Å². The van der Waals surface area contributed by atoms with E-state index in [2.05, 4.69) is 15.4 Å². The molecular formula is C22H24Cl2FN5O3. The van der Waals surface area contributed by atoms with E-state index in [9.17, 15) is 14.3 Å². The molecule has 5 rings (SSSR count). The maximum atomic E-state index is 14.0. The first-order valence-electron chi connectivity index (χ1n) is 10.5. The number of rotatable bonds is 3. The van der Waals surface area contributed by atoms with Gasteiger partial charge in [0.05, 0.1) is 40.8 Å². The number of nitrogens with one attached hydrogen (secondary N) is 1. The van der Waals surface area contributed by atoms with Gasteiger partial charge in [-0.05, 0) is 38.9 Å². The average Bonchev–Trinajstić information content (AvgIpc) is 3.33. The van der Waals surface area contributed by atoms with Crippen LogP contribution >= 0.6 is 24.0 Å². The van der Waals surface area contributed by atoms with E-state index in [4.69, 9.17) is 16.3 Å². The van der Waals surface area contributed by atoms with Crippen molar-refractivity contribution in [2.75, 3.05) is 13.1 Å². The van der Waals surface area contributed by atoms with Crippen molar-refractivity contribution >= 4 is 35.6 Å². The number of ether oxygens (including phenoxy) is 1. The highest BCUT2D eigenvalue weighted by atomic mass is 35.5. The second kappa shape index (κ2) is 9.06. The van der Waals surface area contributed by atoms with Crippen molar-refractivity contribution in [3.63, 3.8) is 0 Å². The van der Waals surface area contributed by atoms with Gasteiger partial charge in [0.1, 0.15) is 23.8 Å². The Morgan fingerprint density at radius 3 is 2.88 bits per heavy atom. The Bertz CT molecular complexity index is 1230. The minimum Gasteiger partial charge on any atom is -0.487 e. The van der Waals surface area contributed by atoms with E-state index in [1.807, 2.05) is 13.8 Å². The van der Waals surface area contributed by atoms with E-state index in [-0.39, 0.29) is 29.6 Å². The van der Waals surface area contributed by atoms with Gasteiger partial charge in [-0.25, -0.2) is 13.9 Å². The van der Waals surface area contributed by atoms with E-state index >= 15 is 0 Å². The van der Waals surface area contributed by atoms with Gasteiger partial charge < -0.3 is 20.1 Å². The Labute approximate surface area is 201 Å².